The number of thioether (sulfide) groups is 1. The third kappa shape index (κ3) is 21.5. The van der Waals surface area contributed by atoms with Crippen LogP contribution in [0.15, 0.2) is 12.7 Å². The summed E-state index contributed by atoms with van der Waals surface area (Å²) >= 11 is 0.915. The van der Waals surface area contributed by atoms with E-state index in [0.29, 0.717) is 6.42 Å². The molecule has 8 atom stereocenters. The first-order valence-corrected chi connectivity index (χ1v) is 28.2. The largest absolute Gasteiger partial charge is 0.481 e. The van der Waals surface area contributed by atoms with Crippen LogP contribution in [-0.2, 0) is 50.7 Å². The van der Waals surface area contributed by atoms with Gasteiger partial charge >= 0.3 is 23.5 Å². The van der Waals surface area contributed by atoms with Crippen molar-refractivity contribution in [1.82, 2.24) is 30.2 Å². The van der Waals surface area contributed by atoms with Crippen molar-refractivity contribution in [2.24, 2.45) is 5.41 Å². The number of nitrogens with two attached hydrogens (primary N) is 1. The van der Waals surface area contributed by atoms with E-state index in [1.54, 1.807) is 0 Å². The number of aromatic nitrogens is 4. The number of aliphatic hydroxyl groups excluding tert-OH is 3. The molecule has 3 rings (SSSR count). The standard InChI is InChI=1S/C39H70N7O18P3S/c1-4-5-6-7-8-9-10-11-12-13-14-15-16-17-18-27(47)38(52)68-22-21-41-29(48)19-20-42-36(51)33(50)39(2,3)24-61-67(58,59)64-66(56,57)60-23-28-32(63-65(53,54)55)31(49)37(62-28)46-26-45-30-34(40)43-25-44-35(30)46/h25-28,31-33,37,47,49-50H,4-24H2,1-3H3,(H,41,48)(H,42,51)(H,56,57)(H,58,59)(H2,40,43,44)(H2,53,54,55)/t27-,28+,31+,32+,33-,37+/m0/s1. The average Bonchev–Trinajstić information content (AvgIpc) is 3.83. The lowest BCUT2D eigenvalue weighted by Gasteiger charge is -2.30. The van der Waals surface area contributed by atoms with Crippen molar-refractivity contribution in [1.29, 1.82) is 0 Å². The molecule has 1 aliphatic heterocycles. The molecule has 68 heavy (non-hydrogen) atoms. The van der Waals surface area contributed by atoms with Crippen LogP contribution in [0.3, 0.4) is 0 Å². The van der Waals surface area contributed by atoms with Crippen molar-refractivity contribution in [2.45, 2.75) is 160 Å². The summed E-state index contributed by atoms with van der Waals surface area (Å²) in [5.74, 6) is -1.28. The van der Waals surface area contributed by atoms with Crippen molar-refractivity contribution in [3.05, 3.63) is 12.7 Å². The molecule has 0 aromatic carbocycles. The van der Waals surface area contributed by atoms with Crippen LogP contribution in [0, 0.1) is 5.41 Å². The Morgan fingerprint density at radius 3 is 2.06 bits per heavy atom. The van der Waals surface area contributed by atoms with Gasteiger partial charge in [-0.05, 0) is 6.42 Å². The lowest BCUT2D eigenvalue weighted by Crippen LogP contribution is -2.46. The number of hydrogen-bond acceptors (Lipinski definition) is 19. The van der Waals surface area contributed by atoms with Crippen molar-refractivity contribution in [2.75, 3.05) is 37.8 Å². The lowest BCUT2D eigenvalue weighted by molar-refractivity contribution is -0.137. The Labute approximate surface area is 399 Å². The fourth-order valence-corrected chi connectivity index (χ4v) is 10.6. The number of fused-ring (bicyclic) bond motifs is 1. The van der Waals surface area contributed by atoms with Gasteiger partial charge in [0.2, 0.25) is 16.9 Å². The number of rotatable bonds is 35. The van der Waals surface area contributed by atoms with E-state index in [2.05, 4.69) is 41.3 Å². The Balaban J connectivity index is 1.31. The molecule has 0 radical (unpaired) electrons. The first-order chi connectivity index (χ1) is 32.0. The Morgan fingerprint density at radius 2 is 1.46 bits per heavy atom. The fourth-order valence-electron chi connectivity index (χ4n) is 7.03. The van der Waals surface area contributed by atoms with Crippen molar-refractivity contribution in [3.63, 3.8) is 0 Å². The highest BCUT2D eigenvalue weighted by Gasteiger charge is 2.50. The molecule has 2 amide bonds. The lowest BCUT2D eigenvalue weighted by atomic mass is 9.87. The molecule has 2 aromatic heterocycles. The minimum atomic E-state index is -5.59. The second-order valence-electron chi connectivity index (χ2n) is 17.1. The van der Waals surface area contributed by atoms with Crippen molar-refractivity contribution < 1.29 is 85.6 Å². The summed E-state index contributed by atoms with van der Waals surface area (Å²) in [4.78, 5) is 88.5. The number of carbonyl (C=O) groups is 3. The van der Waals surface area contributed by atoms with Crippen LogP contribution in [0.1, 0.15) is 130 Å². The van der Waals surface area contributed by atoms with Gasteiger partial charge in [-0.2, -0.15) is 4.31 Å². The zero-order valence-electron chi connectivity index (χ0n) is 38.7. The molecule has 25 nitrogen and oxygen atoms in total. The number of ether oxygens (including phenoxy) is 1. The van der Waals surface area contributed by atoms with E-state index in [1.807, 2.05) is 0 Å². The van der Waals surface area contributed by atoms with E-state index in [9.17, 15) is 63.0 Å². The molecule has 0 saturated carbocycles. The highest BCUT2D eigenvalue weighted by atomic mass is 32.2. The fraction of sp³-hybridized carbons (Fsp3) is 0.795. The summed E-state index contributed by atoms with van der Waals surface area (Å²) < 4.78 is 62.4. The van der Waals surface area contributed by atoms with Gasteiger partial charge in [0.05, 0.1) is 19.5 Å². The van der Waals surface area contributed by atoms with Crippen LogP contribution < -0.4 is 16.4 Å². The Morgan fingerprint density at radius 1 is 0.868 bits per heavy atom. The number of nitrogen functional groups attached to an aromatic ring is 1. The molecule has 1 fully saturated rings. The molecule has 2 unspecified atom stereocenters. The Bertz CT molecular complexity index is 2030. The van der Waals surface area contributed by atoms with Gasteiger partial charge in [-0.1, -0.05) is 122 Å². The molecule has 1 aliphatic rings. The monoisotopic (exact) mass is 1050 g/mol. The van der Waals surface area contributed by atoms with E-state index >= 15 is 0 Å². The zero-order valence-corrected chi connectivity index (χ0v) is 42.2. The highest BCUT2D eigenvalue weighted by Crippen LogP contribution is 2.61. The van der Waals surface area contributed by atoms with E-state index in [-0.39, 0.29) is 47.4 Å². The van der Waals surface area contributed by atoms with E-state index in [1.165, 1.54) is 78.1 Å². The molecule has 390 valence electrons. The molecule has 11 N–H and O–H groups in total. The predicted molar refractivity (Wildman–Crippen MR) is 248 cm³/mol. The first kappa shape index (κ1) is 59.8. The molecule has 0 spiro atoms. The quantitative estimate of drug-likeness (QED) is 0.0346. The van der Waals surface area contributed by atoms with E-state index in [4.69, 9.17) is 19.5 Å². The minimum absolute atomic E-state index is 0.0279. The maximum atomic E-state index is 12.7. The van der Waals surface area contributed by atoms with Gasteiger partial charge in [0.1, 0.15) is 42.4 Å². The van der Waals surface area contributed by atoms with Crippen LogP contribution >= 0.6 is 35.2 Å². The maximum Gasteiger partial charge on any atom is 0.481 e. The van der Waals surface area contributed by atoms with Crippen LogP contribution in [-0.4, -0.2) is 134 Å². The summed E-state index contributed by atoms with van der Waals surface area (Å²) in [6.45, 7) is 2.59. The van der Waals surface area contributed by atoms with Crippen molar-refractivity contribution in [3.8, 4) is 0 Å². The number of anilines is 1. The number of aliphatic hydroxyl groups is 3. The number of imidazole rings is 1. The number of nitrogens with one attached hydrogen (secondary N) is 2. The normalized spacial score (nSPS) is 20.4. The minimum Gasteiger partial charge on any atom is -0.386 e. The number of phosphoric ester groups is 3. The number of unbranched alkanes of at least 4 members (excludes halogenated alkanes) is 13. The Hall–Kier alpha value is -2.48. The predicted octanol–water partition coefficient (Wildman–Crippen LogP) is 3.90. The zero-order chi connectivity index (χ0) is 50.5. The highest BCUT2D eigenvalue weighted by molar-refractivity contribution is 8.13. The van der Waals surface area contributed by atoms with Crippen LogP contribution in [0.25, 0.3) is 11.2 Å². The van der Waals surface area contributed by atoms with Crippen LogP contribution in [0.5, 0.6) is 0 Å². The van der Waals surface area contributed by atoms with Gasteiger partial charge in [0.25, 0.3) is 0 Å². The van der Waals surface area contributed by atoms with Gasteiger partial charge in [-0.25, -0.2) is 28.6 Å². The van der Waals surface area contributed by atoms with Crippen molar-refractivity contribution >= 4 is 69.1 Å². The van der Waals surface area contributed by atoms with Gasteiger partial charge in [0, 0.05) is 30.7 Å². The van der Waals surface area contributed by atoms with Gasteiger partial charge in [0.15, 0.2) is 17.7 Å². The molecule has 0 aliphatic carbocycles. The maximum absolute atomic E-state index is 12.7. The smallest absolute Gasteiger partial charge is 0.386 e. The summed E-state index contributed by atoms with van der Waals surface area (Å²) in [7, 11) is -16.4. The summed E-state index contributed by atoms with van der Waals surface area (Å²) in [6, 6.07) is 0. The summed E-state index contributed by atoms with van der Waals surface area (Å²) in [5, 5.41) is 36.4. The molecular weight excluding hydrogens is 979 g/mol. The third-order valence-electron chi connectivity index (χ3n) is 10.8. The molecule has 2 aromatic rings. The number of carbonyl (C=O) groups excluding carboxylic acids is 3. The Kier molecular flexibility index (Phi) is 25.6. The second-order valence-corrected chi connectivity index (χ2v) is 22.5. The SMILES string of the molecule is CCCCCCCCCCCCCCCC[C@H](O)C(=O)SCCNC(=O)CCNC(=O)[C@H](O)C(C)(C)COP(=O)(O)OP(=O)(O)OC[C@H]1O[C@@H](n2cnc3c(N)ncnc32)[C@H](O)[C@@H]1OP(=O)(O)O. The third-order valence-corrected chi connectivity index (χ3v) is 14.9. The number of hydrogen-bond donors (Lipinski definition) is 10. The summed E-state index contributed by atoms with van der Waals surface area (Å²) in [6.07, 6.45) is 9.23. The van der Waals surface area contributed by atoms with Gasteiger partial charge in [-0.15, -0.1) is 0 Å². The number of phosphoric acid groups is 3. The number of amides is 2. The van der Waals surface area contributed by atoms with Crippen LogP contribution in [0.2, 0.25) is 0 Å². The van der Waals surface area contributed by atoms with E-state index < -0.39 is 90.7 Å². The number of nitrogens with zero attached hydrogens (tertiary/aromatic N) is 4. The molecular formula is C39H70N7O18P3S. The average molecular weight is 1050 g/mol. The molecule has 3 heterocycles. The second kappa shape index (κ2) is 29.1. The molecule has 1 saturated heterocycles. The summed E-state index contributed by atoms with van der Waals surface area (Å²) in [5.41, 5.74) is 4.25. The van der Waals surface area contributed by atoms with E-state index in [0.717, 1.165) is 54.7 Å². The topological polar surface area (TPSA) is 384 Å². The van der Waals surface area contributed by atoms with Gasteiger partial charge in [-0.3, -0.25) is 32.5 Å². The van der Waals surface area contributed by atoms with Crippen LogP contribution in [0.4, 0.5) is 5.82 Å². The first-order valence-electron chi connectivity index (χ1n) is 22.7. The molecule has 29 heteroatoms. The molecule has 0 bridgehead atoms. The van der Waals surface area contributed by atoms with Gasteiger partial charge < -0.3 is 56.0 Å².